The Morgan fingerprint density at radius 3 is 2.48 bits per heavy atom. The molecule has 1 atom stereocenters. The topological polar surface area (TPSA) is 67.2 Å². The lowest BCUT2D eigenvalue weighted by Gasteiger charge is -2.12. The standard InChI is InChI=1S/C18H25N3O2/c1-5-14-6-8-15(9-7-14)17(22)10-19-18(23)16-11-21(12(2)3)20-13(16)4/h6-9,11-12,17,22H,5,10H2,1-4H3,(H,19,23). The molecule has 0 spiro atoms. The van der Waals surface area contributed by atoms with Crippen molar-refractivity contribution in [2.75, 3.05) is 6.54 Å². The Hall–Kier alpha value is -2.14. The maximum absolute atomic E-state index is 12.3. The van der Waals surface area contributed by atoms with Crippen molar-refractivity contribution in [3.8, 4) is 0 Å². The molecule has 0 saturated carbocycles. The van der Waals surface area contributed by atoms with Gasteiger partial charge in [-0.05, 0) is 38.3 Å². The molecule has 0 fully saturated rings. The van der Waals surface area contributed by atoms with Crippen LogP contribution in [0.1, 0.15) is 60.1 Å². The Morgan fingerprint density at radius 2 is 1.96 bits per heavy atom. The van der Waals surface area contributed by atoms with E-state index in [9.17, 15) is 9.90 Å². The molecule has 1 heterocycles. The van der Waals surface area contributed by atoms with Gasteiger partial charge >= 0.3 is 0 Å². The maximum Gasteiger partial charge on any atom is 0.254 e. The molecule has 5 nitrogen and oxygen atoms in total. The normalized spacial score (nSPS) is 12.4. The minimum atomic E-state index is -0.717. The summed E-state index contributed by atoms with van der Waals surface area (Å²) < 4.78 is 1.77. The van der Waals surface area contributed by atoms with Crippen LogP contribution in [0.25, 0.3) is 0 Å². The van der Waals surface area contributed by atoms with Crippen LogP contribution in [0.4, 0.5) is 0 Å². The predicted molar refractivity (Wildman–Crippen MR) is 90.5 cm³/mol. The number of aryl methyl sites for hydroxylation is 2. The first-order valence-electron chi connectivity index (χ1n) is 8.03. The number of aliphatic hydroxyl groups excluding tert-OH is 1. The number of carbonyl (C=O) groups excluding carboxylic acids is 1. The van der Waals surface area contributed by atoms with Crippen molar-refractivity contribution in [1.82, 2.24) is 15.1 Å². The van der Waals surface area contributed by atoms with Crippen molar-refractivity contribution in [2.24, 2.45) is 0 Å². The molecular weight excluding hydrogens is 290 g/mol. The van der Waals surface area contributed by atoms with E-state index in [-0.39, 0.29) is 18.5 Å². The molecule has 5 heteroatoms. The summed E-state index contributed by atoms with van der Waals surface area (Å²) in [5.41, 5.74) is 3.27. The van der Waals surface area contributed by atoms with Gasteiger partial charge in [0.2, 0.25) is 0 Å². The average Bonchev–Trinajstić information content (AvgIpc) is 2.94. The number of rotatable bonds is 6. The second-order valence-corrected chi connectivity index (χ2v) is 6.02. The summed E-state index contributed by atoms with van der Waals surface area (Å²) in [4.78, 5) is 12.3. The Morgan fingerprint density at radius 1 is 1.30 bits per heavy atom. The SMILES string of the molecule is CCc1ccc(C(O)CNC(=O)c2cn(C(C)C)nc2C)cc1. The second kappa shape index (κ2) is 7.42. The molecule has 2 N–H and O–H groups in total. The lowest BCUT2D eigenvalue weighted by molar-refractivity contribution is 0.0915. The van der Waals surface area contributed by atoms with Crippen LogP contribution in [-0.4, -0.2) is 27.3 Å². The first-order chi connectivity index (χ1) is 10.9. The molecule has 0 radical (unpaired) electrons. The number of hydrogen-bond acceptors (Lipinski definition) is 3. The number of aromatic nitrogens is 2. The molecule has 0 bridgehead atoms. The maximum atomic E-state index is 12.3. The third-order valence-corrected chi connectivity index (χ3v) is 3.92. The summed E-state index contributed by atoms with van der Waals surface area (Å²) in [5, 5.41) is 17.3. The largest absolute Gasteiger partial charge is 0.387 e. The van der Waals surface area contributed by atoms with Crippen LogP contribution >= 0.6 is 0 Å². The highest BCUT2D eigenvalue weighted by atomic mass is 16.3. The first kappa shape index (κ1) is 17.2. The first-order valence-corrected chi connectivity index (χ1v) is 8.03. The van der Waals surface area contributed by atoms with Gasteiger partial charge in [0.25, 0.3) is 5.91 Å². The van der Waals surface area contributed by atoms with Crippen molar-refractivity contribution in [3.05, 3.63) is 52.8 Å². The monoisotopic (exact) mass is 315 g/mol. The van der Waals surface area contributed by atoms with E-state index in [1.165, 1.54) is 5.56 Å². The van der Waals surface area contributed by atoms with Crippen LogP contribution in [0.3, 0.4) is 0 Å². The minimum absolute atomic E-state index is 0.177. The van der Waals surface area contributed by atoms with E-state index in [1.807, 2.05) is 45.0 Å². The summed E-state index contributed by atoms with van der Waals surface area (Å²) in [6.07, 6.45) is 1.99. The van der Waals surface area contributed by atoms with Gasteiger partial charge in [0, 0.05) is 18.8 Å². The number of hydrogen-bond donors (Lipinski definition) is 2. The molecule has 0 aliphatic carbocycles. The highest BCUT2D eigenvalue weighted by Crippen LogP contribution is 2.14. The zero-order valence-electron chi connectivity index (χ0n) is 14.2. The van der Waals surface area contributed by atoms with E-state index < -0.39 is 6.10 Å². The fraction of sp³-hybridized carbons (Fsp3) is 0.444. The molecule has 1 amide bonds. The fourth-order valence-electron chi connectivity index (χ4n) is 2.35. The number of benzene rings is 1. The lowest BCUT2D eigenvalue weighted by atomic mass is 10.1. The van der Waals surface area contributed by atoms with Gasteiger partial charge in [0.1, 0.15) is 0 Å². The summed E-state index contributed by atoms with van der Waals surface area (Å²) in [7, 11) is 0. The Balaban J connectivity index is 1.97. The van der Waals surface area contributed by atoms with Gasteiger partial charge in [-0.1, -0.05) is 31.2 Å². The van der Waals surface area contributed by atoms with E-state index in [1.54, 1.807) is 10.9 Å². The van der Waals surface area contributed by atoms with Gasteiger partial charge in [-0.2, -0.15) is 5.10 Å². The number of nitrogens with one attached hydrogen (secondary N) is 1. The van der Waals surface area contributed by atoms with Gasteiger partial charge in [-0.25, -0.2) is 0 Å². The Bertz CT molecular complexity index is 659. The third kappa shape index (κ3) is 4.20. The number of nitrogens with zero attached hydrogens (tertiary/aromatic N) is 2. The molecule has 2 aromatic rings. The zero-order chi connectivity index (χ0) is 17.0. The van der Waals surface area contributed by atoms with Crippen LogP contribution in [0.15, 0.2) is 30.5 Å². The Labute approximate surface area is 137 Å². The van der Waals surface area contributed by atoms with Gasteiger partial charge in [0.05, 0.1) is 17.4 Å². The molecule has 0 aliphatic heterocycles. The highest BCUT2D eigenvalue weighted by Gasteiger charge is 2.16. The number of carbonyl (C=O) groups is 1. The van der Waals surface area contributed by atoms with Crippen LogP contribution < -0.4 is 5.32 Å². The van der Waals surface area contributed by atoms with Gasteiger partial charge in [0.15, 0.2) is 0 Å². The number of amides is 1. The Kier molecular flexibility index (Phi) is 5.55. The van der Waals surface area contributed by atoms with Crippen LogP contribution in [0.5, 0.6) is 0 Å². The van der Waals surface area contributed by atoms with E-state index >= 15 is 0 Å². The van der Waals surface area contributed by atoms with Crippen molar-refractivity contribution >= 4 is 5.91 Å². The molecule has 124 valence electrons. The highest BCUT2D eigenvalue weighted by molar-refractivity contribution is 5.95. The van der Waals surface area contributed by atoms with E-state index in [0.29, 0.717) is 11.3 Å². The smallest absolute Gasteiger partial charge is 0.254 e. The lowest BCUT2D eigenvalue weighted by Crippen LogP contribution is -2.28. The van der Waals surface area contributed by atoms with Gasteiger partial charge in [-0.3, -0.25) is 9.48 Å². The average molecular weight is 315 g/mol. The summed E-state index contributed by atoms with van der Waals surface area (Å²) >= 11 is 0. The van der Waals surface area contributed by atoms with Crippen LogP contribution in [-0.2, 0) is 6.42 Å². The molecule has 0 saturated heterocycles. The van der Waals surface area contributed by atoms with Crippen molar-refractivity contribution < 1.29 is 9.90 Å². The molecule has 1 unspecified atom stereocenters. The van der Waals surface area contributed by atoms with Crippen LogP contribution in [0.2, 0.25) is 0 Å². The van der Waals surface area contributed by atoms with E-state index in [4.69, 9.17) is 0 Å². The van der Waals surface area contributed by atoms with Gasteiger partial charge < -0.3 is 10.4 Å². The quantitative estimate of drug-likeness (QED) is 0.861. The summed E-state index contributed by atoms with van der Waals surface area (Å²) in [6, 6.07) is 8.00. The van der Waals surface area contributed by atoms with Crippen molar-refractivity contribution in [3.63, 3.8) is 0 Å². The second-order valence-electron chi connectivity index (χ2n) is 6.02. The summed E-state index contributed by atoms with van der Waals surface area (Å²) in [6.45, 7) is 8.10. The van der Waals surface area contributed by atoms with E-state index in [0.717, 1.165) is 12.0 Å². The molecule has 1 aromatic heterocycles. The van der Waals surface area contributed by atoms with Gasteiger partial charge in [-0.15, -0.1) is 0 Å². The minimum Gasteiger partial charge on any atom is -0.387 e. The van der Waals surface area contributed by atoms with Crippen molar-refractivity contribution in [2.45, 2.75) is 46.3 Å². The predicted octanol–water partition coefficient (Wildman–Crippen LogP) is 2.80. The third-order valence-electron chi connectivity index (χ3n) is 3.92. The van der Waals surface area contributed by atoms with E-state index in [2.05, 4.69) is 17.3 Å². The van der Waals surface area contributed by atoms with Crippen molar-refractivity contribution in [1.29, 1.82) is 0 Å². The number of aliphatic hydroxyl groups is 1. The molecule has 2 rings (SSSR count). The van der Waals surface area contributed by atoms with Crippen LogP contribution in [0, 0.1) is 6.92 Å². The molecule has 23 heavy (non-hydrogen) atoms. The molecule has 0 aliphatic rings. The zero-order valence-corrected chi connectivity index (χ0v) is 14.2. The summed E-state index contributed by atoms with van der Waals surface area (Å²) in [5.74, 6) is -0.210. The molecule has 1 aromatic carbocycles. The molecular formula is C18H25N3O2. The fourth-order valence-corrected chi connectivity index (χ4v) is 2.35.